The number of fused-ring (bicyclic) bond motifs is 2. The van der Waals surface area contributed by atoms with Crippen LogP contribution in [0.3, 0.4) is 0 Å². The van der Waals surface area contributed by atoms with Crippen molar-refractivity contribution in [1.29, 1.82) is 0 Å². The van der Waals surface area contributed by atoms with Gasteiger partial charge >= 0.3 is 0 Å². The second kappa shape index (κ2) is 6.48. The van der Waals surface area contributed by atoms with Gasteiger partial charge in [0.25, 0.3) is 0 Å². The molecule has 6 nitrogen and oxygen atoms in total. The van der Waals surface area contributed by atoms with Crippen LogP contribution in [0.2, 0.25) is 10.0 Å². The fourth-order valence-electron chi connectivity index (χ4n) is 4.50. The van der Waals surface area contributed by atoms with Gasteiger partial charge in [0.2, 0.25) is 21.8 Å². The minimum Gasteiger partial charge on any atom is -0.279 e. The third kappa shape index (κ3) is 2.85. The van der Waals surface area contributed by atoms with Gasteiger partial charge in [-0.2, -0.15) is 4.31 Å². The molecule has 2 atom stereocenters. The van der Waals surface area contributed by atoms with Gasteiger partial charge in [-0.1, -0.05) is 23.2 Å². The topological polar surface area (TPSA) is 74.8 Å². The van der Waals surface area contributed by atoms with E-state index in [0.717, 1.165) is 12.8 Å². The first-order valence-electron chi connectivity index (χ1n) is 8.62. The first-order chi connectivity index (χ1) is 12.3. The Morgan fingerprint density at radius 3 is 2.08 bits per heavy atom. The number of nitrogens with zero attached hydrogens (tertiary/aromatic N) is 2. The highest BCUT2D eigenvalue weighted by Crippen LogP contribution is 2.43. The van der Waals surface area contributed by atoms with Crippen LogP contribution in [0.15, 0.2) is 23.1 Å². The van der Waals surface area contributed by atoms with E-state index in [0.29, 0.717) is 17.9 Å². The minimum absolute atomic E-state index is 0.00958. The number of carbonyl (C=O) groups is 2. The Labute approximate surface area is 162 Å². The van der Waals surface area contributed by atoms with E-state index < -0.39 is 10.0 Å². The number of rotatable bonds is 3. The average molecular weight is 417 g/mol. The molecule has 0 spiro atoms. The van der Waals surface area contributed by atoms with Crippen LogP contribution in [-0.2, 0) is 19.6 Å². The van der Waals surface area contributed by atoms with E-state index in [1.54, 1.807) is 6.07 Å². The SMILES string of the molecule is O=C1CCC(=O)N1C1CC2CCC(C1)N2S(=O)(=O)c1cc(Cl)ccc1Cl. The van der Waals surface area contributed by atoms with Crippen molar-refractivity contribution < 1.29 is 18.0 Å². The lowest BCUT2D eigenvalue weighted by Crippen LogP contribution is -2.53. The molecule has 3 saturated heterocycles. The predicted molar refractivity (Wildman–Crippen MR) is 96.4 cm³/mol. The normalized spacial score (nSPS) is 29.6. The summed E-state index contributed by atoms with van der Waals surface area (Å²) in [6.07, 6.45) is 2.90. The highest BCUT2D eigenvalue weighted by atomic mass is 35.5. The lowest BCUT2D eigenvalue weighted by molar-refractivity contribution is -0.142. The molecule has 3 aliphatic rings. The number of hydrogen-bond acceptors (Lipinski definition) is 4. The molecule has 4 rings (SSSR count). The molecular weight excluding hydrogens is 399 g/mol. The lowest BCUT2D eigenvalue weighted by Gasteiger charge is -2.40. The van der Waals surface area contributed by atoms with E-state index in [4.69, 9.17) is 23.2 Å². The fourth-order valence-corrected chi connectivity index (χ4v) is 7.13. The number of halogens is 2. The predicted octanol–water partition coefficient (Wildman–Crippen LogP) is 2.83. The van der Waals surface area contributed by atoms with E-state index in [-0.39, 0.29) is 52.7 Å². The summed E-state index contributed by atoms with van der Waals surface area (Å²) >= 11 is 12.1. The van der Waals surface area contributed by atoms with Gasteiger partial charge in [0.15, 0.2) is 0 Å². The molecule has 0 aromatic heterocycles. The van der Waals surface area contributed by atoms with Crippen LogP contribution < -0.4 is 0 Å². The molecule has 2 amide bonds. The maximum absolute atomic E-state index is 13.2. The van der Waals surface area contributed by atoms with Gasteiger partial charge in [-0.15, -0.1) is 0 Å². The van der Waals surface area contributed by atoms with Crippen molar-refractivity contribution >= 4 is 45.0 Å². The zero-order valence-electron chi connectivity index (χ0n) is 13.9. The molecule has 140 valence electrons. The van der Waals surface area contributed by atoms with Crippen molar-refractivity contribution in [3.63, 3.8) is 0 Å². The van der Waals surface area contributed by atoms with Gasteiger partial charge in [-0.25, -0.2) is 8.42 Å². The molecule has 26 heavy (non-hydrogen) atoms. The highest BCUT2D eigenvalue weighted by Gasteiger charge is 2.50. The molecule has 3 fully saturated rings. The summed E-state index contributed by atoms with van der Waals surface area (Å²) in [5, 5.41) is 0.448. The van der Waals surface area contributed by atoms with Crippen molar-refractivity contribution in [2.24, 2.45) is 0 Å². The summed E-state index contributed by atoms with van der Waals surface area (Å²) < 4.78 is 27.9. The van der Waals surface area contributed by atoms with Crippen LogP contribution >= 0.6 is 23.2 Å². The summed E-state index contributed by atoms with van der Waals surface area (Å²) in [6, 6.07) is 3.72. The molecule has 0 N–H and O–H groups in total. The fraction of sp³-hybridized carbons (Fsp3) is 0.529. The number of carbonyl (C=O) groups excluding carboxylic acids is 2. The summed E-state index contributed by atoms with van der Waals surface area (Å²) in [5.41, 5.74) is 0. The maximum atomic E-state index is 13.2. The quantitative estimate of drug-likeness (QED) is 0.709. The van der Waals surface area contributed by atoms with Crippen molar-refractivity contribution in [3.8, 4) is 0 Å². The Hall–Kier alpha value is -1.15. The van der Waals surface area contributed by atoms with E-state index >= 15 is 0 Å². The van der Waals surface area contributed by atoms with Crippen molar-refractivity contribution in [2.45, 2.75) is 61.5 Å². The number of piperidine rings is 1. The molecule has 0 saturated carbocycles. The monoisotopic (exact) mass is 416 g/mol. The molecule has 1 aromatic rings. The van der Waals surface area contributed by atoms with Crippen LogP contribution in [0, 0.1) is 0 Å². The van der Waals surface area contributed by atoms with Gasteiger partial charge < -0.3 is 0 Å². The van der Waals surface area contributed by atoms with Crippen LogP contribution in [0.25, 0.3) is 0 Å². The van der Waals surface area contributed by atoms with Crippen LogP contribution in [0.5, 0.6) is 0 Å². The Bertz CT molecular complexity index is 859. The molecule has 2 unspecified atom stereocenters. The number of sulfonamides is 1. The third-order valence-corrected chi connectivity index (χ3v) is 8.27. The standard InChI is InChI=1S/C17H18Cl2N2O4S/c18-10-1-4-14(19)15(7-10)26(24,25)21-11-2-3-12(21)9-13(8-11)20-16(22)5-6-17(20)23/h1,4,7,11-13H,2-3,5-6,8-9H2. The molecular formula is C17H18Cl2N2O4S. The largest absolute Gasteiger partial charge is 0.279 e. The summed E-state index contributed by atoms with van der Waals surface area (Å²) in [6.45, 7) is 0. The van der Waals surface area contributed by atoms with E-state index in [9.17, 15) is 18.0 Å². The Morgan fingerprint density at radius 2 is 1.50 bits per heavy atom. The summed E-state index contributed by atoms with van der Waals surface area (Å²) in [7, 11) is -3.80. The van der Waals surface area contributed by atoms with Gasteiger partial charge in [0.1, 0.15) is 4.90 Å². The number of amides is 2. The smallest absolute Gasteiger partial charge is 0.245 e. The van der Waals surface area contributed by atoms with Crippen molar-refractivity contribution in [1.82, 2.24) is 9.21 Å². The minimum atomic E-state index is -3.80. The van der Waals surface area contributed by atoms with Crippen molar-refractivity contribution in [2.75, 3.05) is 0 Å². The zero-order valence-corrected chi connectivity index (χ0v) is 16.2. The van der Waals surface area contributed by atoms with Gasteiger partial charge in [0.05, 0.1) is 5.02 Å². The molecule has 1 aromatic carbocycles. The van der Waals surface area contributed by atoms with Gasteiger partial charge in [0, 0.05) is 36.0 Å². The van der Waals surface area contributed by atoms with E-state index in [2.05, 4.69) is 0 Å². The molecule has 0 aliphatic carbocycles. The number of benzene rings is 1. The number of hydrogen-bond donors (Lipinski definition) is 0. The Balaban J connectivity index is 1.63. The molecule has 9 heteroatoms. The average Bonchev–Trinajstić information content (AvgIpc) is 3.06. The zero-order chi connectivity index (χ0) is 18.6. The van der Waals surface area contributed by atoms with Gasteiger partial charge in [-0.3, -0.25) is 14.5 Å². The lowest BCUT2D eigenvalue weighted by atomic mass is 9.98. The van der Waals surface area contributed by atoms with Crippen LogP contribution in [0.1, 0.15) is 38.5 Å². The van der Waals surface area contributed by atoms with Crippen molar-refractivity contribution in [3.05, 3.63) is 28.2 Å². The molecule has 3 heterocycles. The second-order valence-electron chi connectivity index (χ2n) is 7.08. The Kier molecular flexibility index (Phi) is 4.54. The number of imide groups is 1. The van der Waals surface area contributed by atoms with E-state index in [1.807, 2.05) is 0 Å². The maximum Gasteiger partial charge on any atom is 0.245 e. The van der Waals surface area contributed by atoms with Gasteiger partial charge in [-0.05, 0) is 43.9 Å². The molecule has 2 bridgehead atoms. The molecule has 0 radical (unpaired) electrons. The number of likely N-dealkylation sites (tertiary alicyclic amines) is 1. The third-order valence-electron chi connectivity index (χ3n) is 5.55. The summed E-state index contributed by atoms with van der Waals surface area (Å²) in [4.78, 5) is 25.5. The Morgan fingerprint density at radius 1 is 0.923 bits per heavy atom. The first-order valence-corrected chi connectivity index (χ1v) is 10.8. The first kappa shape index (κ1) is 18.2. The highest BCUT2D eigenvalue weighted by molar-refractivity contribution is 7.89. The van der Waals surface area contributed by atoms with E-state index in [1.165, 1.54) is 21.3 Å². The molecule has 3 aliphatic heterocycles. The van der Waals surface area contributed by atoms with Crippen LogP contribution in [0.4, 0.5) is 0 Å². The van der Waals surface area contributed by atoms with Crippen LogP contribution in [-0.4, -0.2) is 47.6 Å². The second-order valence-corrected chi connectivity index (χ2v) is 9.73. The summed E-state index contributed by atoms with van der Waals surface area (Å²) in [5.74, 6) is -0.290.